The first-order valence-corrected chi connectivity index (χ1v) is 6.96. The van der Waals surface area contributed by atoms with Crippen LogP contribution in [-0.2, 0) is 12.8 Å². The average Bonchev–Trinajstić information content (AvgIpc) is 2.38. The van der Waals surface area contributed by atoms with E-state index in [0.717, 1.165) is 43.2 Å². The summed E-state index contributed by atoms with van der Waals surface area (Å²) in [5, 5.41) is 9.23. The molecule has 0 aliphatic heterocycles. The van der Waals surface area contributed by atoms with E-state index in [1.54, 1.807) is 6.20 Å². The number of pyridine rings is 1. The summed E-state index contributed by atoms with van der Waals surface area (Å²) < 4.78 is 5.76. The van der Waals surface area contributed by atoms with Crippen LogP contribution in [0, 0.1) is 5.92 Å². The molecule has 0 radical (unpaired) electrons. The van der Waals surface area contributed by atoms with E-state index >= 15 is 0 Å². The number of carbonyl (C=O) groups is 1. The van der Waals surface area contributed by atoms with E-state index in [0.29, 0.717) is 18.3 Å². The third-order valence-electron chi connectivity index (χ3n) is 3.49. The molecule has 104 valence electrons. The number of ether oxygens (including phenoxy) is 1. The second-order valence-corrected chi connectivity index (χ2v) is 5.48. The van der Waals surface area contributed by atoms with E-state index in [2.05, 4.69) is 18.8 Å². The molecule has 0 amide bonds. The lowest BCUT2D eigenvalue weighted by atomic mass is 9.92. The van der Waals surface area contributed by atoms with Gasteiger partial charge in [0, 0.05) is 11.8 Å². The van der Waals surface area contributed by atoms with Gasteiger partial charge in [-0.15, -0.1) is 0 Å². The number of nitrogens with zero attached hydrogens (tertiary/aromatic N) is 1. The van der Waals surface area contributed by atoms with Crippen molar-refractivity contribution in [3.8, 4) is 5.75 Å². The molecule has 0 atom stereocenters. The van der Waals surface area contributed by atoms with Gasteiger partial charge in [0.2, 0.25) is 0 Å². The maximum atomic E-state index is 11.3. The number of hydrogen-bond acceptors (Lipinski definition) is 3. The lowest BCUT2D eigenvalue weighted by Crippen LogP contribution is -2.14. The van der Waals surface area contributed by atoms with E-state index in [-0.39, 0.29) is 5.69 Å². The molecule has 0 spiro atoms. The SMILES string of the molecule is CC(C)CCOc1c(C(=O)O)ncc2c1CCCC2. The Hall–Kier alpha value is -1.58. The van der Waals surface area contributed by atoms with Gasteiger partial charge in [0.05, 0.1) is 6.61 Å². The van der Waals surface area contributed by atoms with Crippen LogP contribution >= 0.6 is 0 Å². The predicted octanol–water partition coefficient (Wildman–Crippen LogP) is 3.08. The third-order valence-corrected chi connectivity index (χ3v) is 3.49. The van der Waals surface area contributed by atoms with E-state index in [1.807, 2.05) is 0 Å². The highest BCUT2D eigenvalue weighted by Gasteiger charge is 2.22. The number of aryl methyl sites for hydroxylation is 1. The molecule has 1 aromatic heterocycles. The predicted molar refractivity (Wildman–Crippen MR) is 72.8 cm³/mol. The van der Waals surface area contributed by atoms with Gasteiger partial charge in [-0.3, -0.25) is 0 Å². The molecule has 1 heterocycles. The van der Waals surface area contributed by atoms with Crippen molar-refractivity contribution in [1.29, 1.82) is 0 Å². The number of fused-ring (bicyclic) bond motifs is 1. The van der Waals surface area contributed by atoms with Gasteiger partial charge in [-0.2, -0.15) is 0 Å². The van der Waals surface area contributed by atoms with Crippen molar-refractivity contribution < 1.29 is 14.6 Å². The molecule has 0 saturated heterocycles. The zero-order chi connectivity index (χ0) is 13.8. The minimum atomic E-state index is -1.01. The minimum absolute atomic E-state index is 0.0596. The molecule has 4 heteroatoms. The van der Waals surface area contributed by atoms with Crippen molar-refractivity contribution in [2.24, 2.45) is 5.92 Å². The number of rotatable bonds is 5. The summed E-state index contributed by atoms with van der Waals surface area (Å²) in [7, 11) is 0. The summed E-state index contributed by atoms with van der Waals surface area (Å²) >= 11 is 0. The highest BCUT2D eigenvalue weighted by molar-refractivity contribution is 5.89. The van der Waals surface area contributed by atoms with Gasteiger partial charge < -0.3 is 9.84 Å². The van der Waals surface area contributed by atoms with Crippen LogP contribution in [0.5, 0.6) is 5.75 Å². The quantitative estimate of drug-likeness (QED) is 0.886. The van der Waals surface area contributed by atoms with E-state index in [1.165, 1.54) is 0 Å². The molecule has 4 nitrogen and oxygen atoms in total. The lowest BCUT2D eigenvalue weighted by molar-refractivity contribution is 0.0684. The number of aromatic nitrogens is 1. The van der Waals surface area contributed by atoms with Crippen LogP contribution in [0.3, 0.4) is 0 Å². The van der Waals surface area contributed by atoms with Gasteiger partial charge in [-0.05, 0) is 43.6 Å². The number of carboxylic acids is 1. The molecule has 19 heavy (non-hydrogen) atoms. The monoisotopic (exact) mass is 263 g/mol. The summed E-state index contributed by atoms with van der Waals surface area (Å²) in [5.41, 5.74) is 2.27. The highest BCUT2D eigenvalue weighted by Crippen LogP contribution is 2.31. The summed E-state index contributed by atoms with van der Waals surface area (Å²) in [5.74, 6) is 0.0408. The fourth-order valence-corrected chi connectivity index (χ4v) is 2.38. The van der Waals surface area contributed by atoms with Crippen LogP contribution in [0.4, 0.5) is 0 Å². The Morgan fingerprint density at radius 2 is 2.16 bits per heavy atom. The van der Waals surface area contributed by atoms with Crippen LogP contribution in [0.2, 0.25) is 0 Å². The Labute approximate surface area is 113 Å². The van der Waals surface area contributed by atoms with Gasteiger partial charge in [0.15, 0.2) is 11.4 Å². The molecule has 1 aliphatic carbocycles. The topological polar surface area (TPSA) is 59.4 Å². The molecule has 0 fully saturated rings. The summed E-state index contributed by atoms with van der Waals surface area (Å²) in [6.45, 7) is 4.80. The highest BCUT2D eigenvalue weighted by atomic mass is 16.5. The van der Waals surface area contributed by atoms with Gasteiger partial charge in [-0.25, -0.2) is 9.78 Å². The van der Waals surface area contributed by atoms with Crippen LogP contribution in [0.15, 0.2) is 6.20 Å². The Bertz CT molecular complexity index is 469. The molecular formula is C15H21NO3. The first-order chi connectivity index (χ1) is 9.09. The molecule has 0 unspecified atom stereocenters. The summed E-state index contributed by atoms with van der Waals surface area (Å²) in [6, 6.07) is 0. The maximum absolute atomic E-state index is 11.3. The van der Waals surface area contributed by atoms with Crippen molar-refractivity contribution in [2.75, 3.05) is 6.61 Å². The van der Waals surface area contributed by atoms with E-state index in [9.17, 15) is 9.90 Å². The zero-order valence-electron chi connectivity index (χ0n) is 11.6. The van der Waals surface area contributed by atoms with Gasteiger partial charge in [0.1, 0.15) is 0 Å². The average molecular weight is 263 g/mol. The van der Waals surface area contributed by atoms with Crippen LogP contribution in [0.1, 0.15) is 54.7 Å². The van der Waals surface area contributed by atoms with Gasteiger partial charge in [-0.1, -0.05) is 13.8 Å². The zero-order valence-corrected chi connectivity index (χ0v) is 11.6. The largest absolute Gasteiger partial charge is 0.491 e. The molecular weight excluding hydrogens is 242 g/mol. The Morgan fingerprint density at radius 3 is 2.84 bits per heavy atom. The Balaban J connectivity index is 2.28. The van der Waals surface area contributed by atoms with Gasteiger partial charge in [0.25, 0.3) is 0 Å². The van der Waals surface area contributed by atoms with Crippen molar-refractivity contribution in [2.45, 2.75) is 46.0 Å². The molecule has 0 saturated carbocycles. The molecule has 2 rings (SSSR count). The third kappa shape index (κ3) is 3.25. The Kier molecular flexibility index (Phi) is 4.40. The second-order valence-electron chi connectivity index (χ2n) is 5.48. The van der Waals surface area contributed by atoms with Crippen LogP contribution < -0.4 is 4.74 Å². The van der Waals surface area contributed by atoms with Crippen molar-refractivity contribution >= 4 is 5.97 Å². The van der Waals surface area contributed by atoms with Crippen molar-refractivity contribution in [1.82, 2.24) is 4.98 Å². The fourth-order valence-electron chi connectivity index (χ4n) is 2.38. The second kappa shape index (κ2) is 6.04. The Morgan fingerprint density at radius 1 is 1.42 bits per heavy atom. The van der Waals surface area contributed by atoms with E-state index in [4.69, 9.17) is 4.74 Å². The van der Waals surface area contributed by atoms with Crippen LogP contribution in [-0.4, -0.2) is 22.7 Å². The standard InChI is InChI=1S/C15H21NO3/c1-10(2)7-8-19-14-12-6-4-3-5-11(12)9-16-13(14)15(17)18/h9-10H,3-8H2,1-2H3,(H,17,18). The van der Waals surface area contributed by atoms with Crippen molar-refractivity contribution in [3.05, 3.63) is 23.0 Å². The first kappa shape index (κ1) is 13.8. The summed E-state index contributed by atoms with van der Waals surface area (Å²) in [4.78, 5) is 15.3. The molecule has 0 aromatic carbocycles. The molecule has 1 aromatic rings. The molecule has 1 aliphatic rings. The van der Waals surface area contributed by atoms with Gasteiger partial charge >= 0.3 is 5.97 Å². The first-order valence-electron chi connectivity index (χ1n) is 6.96. The molecule has 0 bridgehead atoms. The summed E-state index contributed by atoms with van der Waals surface area (Å²) in [6.07, 6.45) is 6.73. The number of aromatic carboxylic acids is 1. The molecule has 1 N–H and O–H groups in total. The maximum Gasteiger partial charge on any atom is 0.358 e. The lowest BCUT2D eigenvalue weighted by Gasteiger charge is -2.20. The number of carboxylic acid groups (broad SMARTS) is 1. The minimum Gasteiger partial charge on any atom is -0.491 e. The smallest absolute Gasteiger partial charge is 0.358 e. The number of hydrogen-bond donors (Lipinski definition) is 1. The van der Waals surface area contributed by atoms with Crippen LogP contribution in [0.25, 0.3) is 0 Å². The normalized spacial score (nSPS) is 14.3. The fraction of sp³-hybridized carbons (Fsp3) is 0.600. The van der Waals surface area contributed by atoms with E-state index < -0.39 is 5.97 Å². The van der Waals surface area contributed by atoms with Crippen molar-refractivity contribution in [3.63, 3.8) is 0 Å².